The summed E-state index contributed by atoms with van der Waals surface area (Å²) in [5, 5.41) is 3.60. The molecule has 0 saturated heterocycles. The molecular formula is C11H25NO3S. The molecule has 0 heterocycles. The van der Waals surface area contributed by atoms with Gasteiger partial charge in [-0.15, -0.1) is 0 Å². The van der Waals surface area contributed by atoms with E-state index in [4.69, 9.17) is 9.47 Å². The van der Waals surface area contributed by atoms with Crippen molar-refractivity contribution in [2.75, 3.05) is 46.3 Å². The lowest BCUT2D eigenvalue weighted by molar-refractivity contribution is 0.0695. The lowest BCUT2D eigenvalue weighted by Crippen LogP contribution is -2.23. The summed E-state index contributed by atoms with van der Waals surface area (Å²) in [6.45, 7) is 6.00. The molecule has 0 aromatic carbocycles. The molecule has 1 N–H and O–H groups in total. The molecule has 16 heavy (non-hydrogen) atoms. The molecule has 0 aliphatic rings. The topological polar surface area (TPSA) is 47.6 Å². The maximum Gasteiger partial charge on any atom is 0.0700 e. The Morgan fingerprint density at radius 2 is 2.00 bits per heavy atom. The summed E-state index contributed by atoms with van der Waals surface area (Å²) in [5.74, 6) is 0. The third-order valence-electron chi connectivity index (χ3n) is 2.37. The molecule has 0 fully saturated rings. The van der Waals surface area contributed by atoms with Crippen molar-refractivity contribution >= 4 is 10.8 Å². The molecule has 5 heteroatoms. The summed E-state index contributed by atoms with van der Waals surface area (Å²) in [6.07, 6.45) is 3.73. The highest BCUT2D eigenvalue weighted by atomic mass is 32.2. The largest absolute Gasteiger partial charge is 0.382 e. The Labute approximate surface area is 102 Å². The van der Waals surface area contributed by atoms with Crippen molar-refractivity contribution in [2.45, 2.75) is 25.0 Å². The fourth-order valence-electron chi connectivity index (χ4n) is 1.14. The molecule has 0 amide bonds. The quantitative estimate of drug-likeness (QED) is 0.552. The van der Waals surface area contributed by atoms with Crippen LogP contribution in [0.1, 0.15) is 19.8 Å². The normalized spacial score (nSPS) is 14.9. The summed E-state index contributed by atoms with van der Waals surface area (Å²) in [4.78, 5) is 0. The van der Waals surface area contributed by atoms with Gasteiger partial charge in [0.15, 0.2) is 0 Å². The first-order valence-corrected chi connectivity index (χ1v) is 7.40. The Morgan fingerprint density at radius 3 is 2.62 bits per heavy atom. The van der Waals surface area contributed by atoms with Crippen LogP contribution in [0.2, 0.25) is 0 Å². The van der Waals surface area contributed by atoms with Crippen LogP contribution in [0, 0.1) is 0 Å². The zero-order valence-electron chi connectivity index (χ0n) is 10.7. The number of rotatable bonds is 11. The predicted molar refractivity (Wildman–Crippen MR) is 68.3 cm³/mol. The lowest BCUT2D eigenvalue weighted by atomic mass is 10.3. The summed E-state index contributed by atoms with van der Waals surface area (Å²) in [7, 11) is 0.969. The van der Waals surface area contributed by atoms with E-state index in [1.54, 1.807) is 13.4 Å². The van der Waals surface area contributed by atoms with E-state index in [9.17, 15) is 4.21 Å². The highest BCUT2D eigenvalue weighted by Gasteiger charge is 2.04. The molecule has 4 nitrogen and oxygen atoms in total. The Hall–Kier alpha value is 0.0300. The van der Waals surface area contributed by atoms with Gasteiger partial charge in [0, 0.05) is 36.0 Å². The maximum absolute atomic E-state index is 11.1. The average molecular weight is 251 g/mol. The first kappa shape index (κ1) is 16.0. The van der Waals surface area contributed by atoms with Crippen molar-refractivity contribution in [2.24, 2.45) is 0 Å². The highest BCUT2D eigenvalue weighted by molar-refractivity contribution is 7.84. The third kappa shape index (κ3) is 10.5. The first-order chi connectivity index (χ1) is 7.68. The number of ether oxygens (including phenoxy) is 2. The van der Waals surface area contributed by atoms with Gasteiger partial charge in [-0.05, 0) is 25.9 Å². The van der Waals surface area contributed by atoms with Gasteiger partial charge in [-0.1, -0.05) is 6.92 Å². The molecule has 0 aromatic rings. The van der Waals surface area contributed by atoms with Crippen LogP contribution in [0.25, 0.3) is 0 Å². The van der Waals surface area contributed by atoms with Gasteiger partial charge in [0.05, 0.1) is 13.2 Å². The minimum absolute atomic E-state index is 0.283. The third-order valence-corrected chi connectivity index (χ3v) is 3.74. The minimum atomic E-state index is -0.702. The van der Waals surface area contributed by atoms with Crippen LogP contribution in [0.3, 0.4) is 0 Å². The molecule has 0 bridgehead atoms. The Balaban J connectivity index is 3.07. The maximum atomic E-state index is 11.1. The molecule has 2 atom stereocenters. The molecule has 0 rings (SSSR count). The average Bonchev–Trinajstić information content (AvgIpc) is 2.26. The smallest absolute Gasteiger partial charge is 0.0700 e. The monoisotopic (exact) mass is 251 g/mol. The van der Waals surface area contributed by atoms with Gasteiger partial charge in [-0.2, -0.15) is 0 Å². The van der Waals surface area contributed by atoms with Crippen molar-refractivity contribution in [3.8, 4) is 0 Å². The fraction of sp³-hybridized carbons (Fsp3) is 1.00. The van der Waals surface area contributed by atoms with Crippen molar-refractivity contribution in [1.82, 2.24) is 5.32 Å². The predicted octanol–water partition coefficient (Wildman–Crippen LogP) is 0.786. The Morgan fingerprint density at radius 1 is 1.25 bits per heavy atom. The molecule has 0 aliphatic heterocycles. The zero-order chi connectivity index (χ0) is 12.2. The van der Waals surface area contributed by atoms with Crippen LogP contribution in [0.5, 0.6) is 0 Å². The number of hydrogen-bond donors (Lipinski definition) is 1. The van der Waals surface area contributed by atoms with Crippen LogP contribution >= 0.6 is 0 Å². The molecule has 0 spiro atoms. The van der Waals surface area contributed by atoms with Gasteiger partial charge in [0.1, 0.15) is 0 Å². The minimum Gasteiger partial charge on any atom is -0.382 e. The van der Waals surface area contributed by atoms with Gasteiger partial charge in [0.25, 0.3) is 0 Å². The number of nitrogens with one attached hydrogen (secondary N) is 1. The molecule has 0 radical (unpaired) electrons. The standard InChI is InChI=1S/C11H25NO3S/c1-11(16(3)13)5-7-12-6-4-8-15-10-9-14-2/h11-12H,4-10H2,1-3H3. The summed E-state index contributed by atoms with van der Waals surface area (Å²) in [5.41, 5.74) is 0. The summed E-state index contributed by atoms with van der Waals surface area (Å²) < 4.78 is 21.3. The lowest BCUT2D eigenvalue weighted by Gasteiger charge is -2.09. The van der Waals surface area contributed by atoms with Crippen molar-refractivity contribution in [3.63, 3.8) is 0 Å². The van der Waals surface area contributed by atoms with Crippen LogP contribution in [0.15, 0.2) is 0 Å². The zero-order valence-corrected chi connectivity index (χ0v) is 11.5. The second-order valence-corrected chi connectivity index (χ2v) is 5.61. The molecule has 2 unspecified atom stereocenters. The second-order valence-electron chi connectivity index (χ2n) is 3.81. The van der Waals surface area contributed by atoms with Gasteiger partial charge < -0.3 is 14.8 Å². The van der Waals surface area contributed by atoms with Crippen molar-refractivity contribution in [1.29, 1.82) is 0 Å². The number of hydrogen-bond acceptors (Lipinski definition) is 4. The molecule has 0 aliphatic carbocycles. The van der Waals surface area contributed by atoms with Crippen molar-refractivity contribution < 1.29 is 13.7 Å². The van der Waals surface area contributed by atoms with E-state index in [0.29, 0.717) is 13.2 Å². The number of methoxy groups -OCH3 is 1. The highest BCUT2D eigenvalue weighted by Crippen LogP contribution is 1.96. The van der Waals surface area contributed by atoms with Gasteiger partial charge >= 0.3 is 0 Å². The Kier molecular flexibility index (Phi) is 11.5. The van der Waals surface area contributed by atoms with Gasteiger partial charge in [-0.3, -0.25) is 4.21 Å². The summed E-state index contributed by atoms with van der Waals surface area (Å²) in [6, 6.07) is 0. The van der Waals surface area contributed by atoms with E-state index in [1.165, 1.54) is 0 Å². The van der Waals surface area contributed by atoms with Gasteiger partial charge in [-0.25, -0.2) is 0 Å². The van der Waals surface area contributed by atoms with E-state index in [1.807, 2.05) is 6.92 Å². The van der Waals surface area contributed by atoms with Crippen LogP contribution in [0.4, 0.5) is 0 Å². The van der Waals surface area contributed by atoms with Crippen LogP contribution < -0.4 is 5.32 Å². The first-order valence-electron chi connectivity index (χ1n) is 5.78. The molecular weight excluding hydrogens is 226 g/mol. The molecule has 0 aromatic heterocycles. The van der Waals surface area contributed by atoms with E-state index in [2.05, 4.69) is 5.32 Å². The SMILES string of the molecule is COCCOCCCNCCC(C)S(C)=O. The van der Waals surface area contributed by atoms with Gasteiger partial charge in [0.2, 0.25) is 0 Å². The van der Waals surface area contributed by atoms with E-state index >= 15 is 0 Å². The van der Waals surface area contributed by atoms with Crippen LogP contribution in [-0.4, -0.2) is 55.7 Å². The van der Waals surface area contributed by atoms with E-state index in [0.717, 1.165) is 32.5 Å². The van der Waals surface area contributed by atoms with Crippen LogP contribution in [-0.2, 0) is 20.3 Å². The second kappa shape index (κ2) is 11.5. The molecule has 98 valence electrons. The van der Waals surface area contributed by atoms with E-state index < -0.39 is 10.8 Å². The fourth-order valence-corrected chi connectivity index (χ4v) is 1.59. The van der Waals surface area contributed by atoms with Crippen molar-refractivity contribution in [3.05, 3.63) is 0 Å². The molecule has 0 saturated carbocycles. The van der Waals surface area contributed by atoms with E-state index in [-0.39, 0.29) is 5.25 Å². The summed E-state index contributed by atoms with van der Waals surface area (Å²) >= 11 is 0. The Bertz CT molecular complexity index is 179.